The average Bonchev–Trinajstić information content (AvgIpc) is 2.53. The van der Waals surface area contributed by atoms with Crippen LogP contribution in [0.4, 0.5) is 5.69 Å². The molecule has 3 nitrogen and oxygen atoms in total. The Morgan fingerprint density at radius 2 is 2.17 bits per heavy atom. The van der Waals surface area contributed by atoms with Crippen molar-refractivity contribution in [1.29, 1.82) is 0 Å². The van der Waals surface area contributed by atoms with E-state index < -0.39 is 0 Å². The van der Waals surface area contributed by atoms with Crippen LogP contribution < -0.4 is 10.2 Å². The van der Waals surface area contributed by atoms with Gasteiger partial charge in [-0.15, -0.1) is 0 Å². The molecule has 1 fully saturated rings. The zero-order chi connectivity index (χ0) is 13.0. The Labute approximate surface area is 117 Å². The van der Waals surface area contributed by atoms with Gasteiger partial charge in [-0.1, -0.05) is 19.1 Å². The summed E-state index contributed by atoms with van der Waals surface area (Å²) in [5.74, 6) is 0.612. The van der Waals surface area contributed by atoms with Gasteiger partial charge in [-0.05, 0) is 46.9 Å². The van der Waals surface area contributed by atoms with Crippen LogP contribution in [0.2, 0.25) is 0 Å². The quantitative estimate of drug-likeness (QED) is 0.898. The summed E-state index contributed by atoms with van der Waals surface area (Å²) in [6.45, 7) is 5.53. The maximum atomic E-state index is 9.12. The highest BCUT2D eigenvalue weighted by Crippen LogP contribution is 2.27. The Kier molecular flexibility index (Phi) is 5.03. The van der Waals surface area contributed by atoms with Gasteiger partial charge in [0.15, 0.2) is 0 Å². The van der Waals surface area contributed by atoms with E-state index in [1.165, 1.54) is 5.69 Å². The van der Waals surface area contributed by atoms with Gasteiger partial charge in [0.1, 0.15) is 0 Å². The number of para-hydroxylation sites is 1. The molecule has 1 heterocycles. The van der Waals surface area contributed by atoms with Crippen LogP contribution in [0.5, 0.6) is 0 Å². The third kappa shape index (κ3) is 3.46. The fourth-order valence-corrected chi connectivity index (χ4v) is 3.00. The van der Waals surface area contributed by atoms with E-state index >= 15 is 0 Å². The first-order valence-electron chi connectivity index (χ1n) is 6.54. The minimum absolute atomic E-state index is 0.246. The lowest BCUT2D eigenvalue weighted by Crippen LogP contribution is -2.38. The molecule has 1 aromatic carbocycles. The minimum atomic E-state index is 0.246. The van der Waals surface area contributed by atoms with Gasteiger partial charge in [0.2, 0.25) is 0 Å². The van der Waals surface area contributed by atoms with Crippen LogP contribution in [-0.2, 0) is 0 Å². The highest BCUT2D eigenvalue weighted by Gasteiger charge is 2.22. The molecule has 1 saturated heterocycles. The van der Waals surface area contributed by atoms with Gasteiger partial charge < -0.3 is 15.3 Å². The Hall–Kier alpha value is -0.580. The Bertz CT molecular complexity index is 386. The number of hydrogen-bond acceptors (Lipinski definition) is 3. The number of nitrogens with one attached hydrogen (secondary N) is 1. The molecule has 0 aromatic heterocycles. The summed E-state index contributed by atoms with van der Waals surface area (Å²) in [6, 6.07) is 8.71. The number of aliphatic hydroxyl groups excluding tert-OH is 1. The summed E-state index contributed by atoms with van der Waals surface area (Å²) in [4.78, 5) is 2.41. The van der Waals surface area contributed by atoms with Crippen molar-refractivity contribution >= 4 is 21.6 Å². The zero-order valence-electron chi connectivity index (χ0n) is 10.8. The molecule has 100 valence electrons. The van der Waals surface area contributed by atoms with Gasteiger partial charge in [0, 0.05) is 30.2 Å². The summed E-state index contributed by atoms with van der Waals surface area (Å²) >= 11 is 3.62. The number of halogens is 1. The fourth-order valence-electron chi connectivity index (χ4n) is 2.47. The van der Waals surface area contributed by atoms with Crippen molar-refractivity contribution in [2.75, 3.05) is 31.1 Å². The minimum Gasteiger partial charge on any atom is -0.396 e. The number of aliphatic hydroxyl groups is 1. The van der Waals surface area contributed by atoms with Crippen LogP contribution >= 0.6 is 15.9 Å². The molecule has 2 atom stereocenters. The van der Waals surface area contributed by atoms with Crippen molar-refractivity contribution in [2.24, 2.45) is 5.92 Å². The van der Waals surface area contributed by atoms with Gasteiger partial charge in [-0.25, -0.2) is 0 Å². The predicted molar refractivity (Wildman–Crippen MR) is 79.0 cm³/mol. The molecule has 0 saturated carbocycles. The van der Waals surface area contributed by atoms with E-state index in [2.05, 4.69) is 51.3 Å². The average molecular weight is 313 g/mol. The first-order valence-corrected chi connectivity index (χ1v) is 7.33. The predicted octanol–water partition coefficient (Wildman–Crippen LogP) is 2.25. The molecule has 1 aliphatic heterocycles. The summed E-state index contributed by atoms with van der Waals surface area (Å²) in [5, 5.41) is 12.7. The van der Waals surface area contributed by atoms with Gasteiger partial charge >= 0.3 is 0 Å². The van der Waals surface area contributed by atoms with E-state index in [9.17, 15) is 0 Å². The first kappa shape index (κ1) is 13.8. The molecule has 1 aliphatic rings. The number of rotatable bonds is 3. The molecule has 2 N–H and O–H groups in total. The van der Waals surface area contributed by atoms with Gasteiger partial charge in [0.25, 0.3) is 0 Å². The molecule has 18 heavy (non-hydrogen) atoms. The standard InChI is InChI=1S/C14H21BrN2O/c1-11-8-16-12(6-7-18)10-17(9-11)14-5-3-2-4-13(14)15/h2-5,11-12,16,18H,6-10H2,1H3. The summed E-state index contributed by atoms with van der Waals surface area (Å²) < 4.78 is 1.14. The van der Waals surface area contributed by atoms with Crippen LogP contribution in [0.25, 0.3) is 0 Å². The molecular formula is C14H21BrN2O. The van der Waals surface area contributed by atoms with E-state index in [0.29, 0.717) is 12.0 Å². The van der Waals surface area contributed by atoms with Crippen LogP contribution in [0.1, 0.15) is 13.3 Å². The largest absolute Gasteiger partial charge is 0.396 e. The molecule has 4 heteroatoms. The van der Waals surface area contributed by atoms with Crippen LogP contribution in [0, 0.1) is 5.92 Å². The van der Waals surface area contributed by atoms with Crippen molar-refractivity contribution in [3.05, 3.63) is 28.7 Å². The summed E-state index contributed by atoms with van der Waals surface area (Å²) in [5.41, 5.74) is 1.25. The maximum absolute atomic E-state index is 9.12. The van der Waals surface area contributed by atoms with Crippen molar-refractivity contribution in [3.63, 3.8) is 0 Å². The Balaban J connectivity index is 2.16. The SMILES string of the molecule is CC1CNC(CCO)CN(c2ccccc2Br)C1. The van der Waals surface area contributed by atoms with E-state index in [1.54, 1.807) is 0 Å². The summed E-state index contributed by atoms with van der Waals surface area (Å²) in [6.07, 6.45) is 0.813. The lowest BCUT2D eigenvalue weighted by molar-refractivity contribution is 0.266. The molecule has 0 spiro atoms. The molecule has 0 radical (unpaired) electrons. The van der Waals surface area contributed by atoms with E-state index in [-0.39, 0.29) is 6.61 Å². The third-order valence-electron chi connectivity index (χ3n) is 3.40. The maximum Gasteiger partial charge on any atom is 0.0511 e. The molecule has 2 rings (SSSR count). The topological polar surface area (TPSA) is 35.5 Å². The first-order chi connectivity index (χ1) is 8.70. The number of hydrogen-bond donors (Lipinski definition) is 2. The van der Waals surface area contributed by atoms with E-state index in [4.69, 9.17) is 5.11 Å². The van der Waals surface area contributed by atoms with Gasteiger partial charge in [-0.2, -0.15) is 0 Å². The molecule has 2 unspecified atom stereocenters. The second-order valence-electron chi connectivity index (χ2n) is 5.08. The molecular weight excluding hydrogens is 292 g/mol. The van der Waals surface area contributed by atoms with Crippen LogP contribution in [-0.4, -0.2) is 37.4 Å². The molecule has 0 bridgehead atoms. The molecule has 0 aliphatic carbocycles. The number of benzene rings is 1. The van der Waals surface area contributed by atoms with Crippen molar-refractivity contribution in [3.8, 4) is 0 Å². The van der Waals surface area contributed by atoms with Crippen molar-refractivity contribution < 1.29 is 5.11 Å². The van der Waals surface area contributed by atoms with Crippen LogP contribution in [0.3, 0.4) is 0 Å². The molecule has 1 aromatic rings. The number of anilines is 1. The fraction of sp³-hybridized carbons (Fsp3) is 0.571. The van der Waals surface area contributed by atoms with E-state index in [1.807, 2.05) is 6.07 Å². The number of nitrogens with zero attached hydrogens (tertiary/aromatic N) is 1. The van der Waals surface area contributed by atoms with Crippen molar-refractivity contribution in [1.82, 2.24) is 5.32 Å². The Morgan fingerprint density at radius 1 is 1.39 bits per heavy atom. The highest BCUT2D eigenvalue weighted by atomic mass is 79.9. The highest BCUT2D eigenvalue weighted by molar-refractivity contribution is 9.10. The summed E-state index contributed by atoms with van der Waals surface area (Å²) in [7, 11) is 0. The second kappa shape index (κ2) is 6.55. The monoisotopic (exact) mass is 312 g/mol. The van der Waals surface area contributed by atoms with Crippen LogP contribution in [0.15, 0.2) is 28.7 Å². The lowest BCUT2D eigenvalue weighted by atomic mass is 10.1. The smallest absolute Gasteiger partial charge is 0.0511 e. The Morgan fingerprint density at radius 3 is 2.89 bits per heavy atom. The van der Waals surface area contributed by atoms with E-state index in [0.717, 1.165) is 30.5 Å². The zero-order valence-corrected chi connectivity index (χ0v) is 12.4. The second-order valence-corrected chi connectivity index (χ2v) is 5.93. The van der Waals surface area contributed by atoms with Crippen molar-refractivity contribution in [2.45, 2.75) is 19.4 Å². The third-order valence-corrected chi connectivity index (χ3v) is 4.07. The normalized spacial score (nSPS) is 24.9. The molecule has 0 amide bonds. The van der Waals surface area contributed by atoms with Gasteiger partial charge in [0.05, 0.1) is 5.69 Å². The lowest BCUT2D eigenvalue weighted by Gasteiger charge is -2.28. The van der Waals surface area contributed by atoms with Gasteiger partial charge in [-0.3, -0.25) is 0 Å².